The van der Waals surface area contributed by atoms with Gasteiger partial charge < -0.3 is 15.2 Å². The lowest BCUT2D eigenvalue weighted by Crippen LogP contribution is -2.12. The van der Waals surface area contributed by atoms with Gasteiger partial charge in [-0.1, -0.05) is 25.5 Å². The first-order chi connectivity index (χ1) is 11.6. The molecule has 0 aliphatic rings. The molecule has 0 aliphatic heterocycles. The number of aromatic carboxylic acids is 1. The first-order valence-corrected chi connectivity index (χ1v) is 8.82. The van der Waals surface area contributed by atoms with E-state index in [1.54, 1.807) is 5.38 Å². The van der Waals surface area contributed by atoms with Crippen LogP contribution in [0.25, 0.3) is 11.1 Å². The highest BCUT2D eigenvalue weighted by molar-refractivity contribution is 7.15. The Balaban J connectivity index is 2.27. The molecule has 0 bridgehead atoms. The van der Waals surface area contributed by atoms with Gasteiger partial charge in [0.05, 0.1) is 6.61 Å². The predicted octanol–water partition coefficient (Wildman–Crippen LogP) is 4.64. The summed E-state index contributed by atoms with van der Waals surface area (Å²) in [5.41, 5.74) is 1.51. The van der Waals surface area contributed by atoms with Crippen molar-refractivity contribution in [2.75, 3.05) is 11.9 Å². The minimum absolute atomic E-state index is 0.133. The number of carbonyl (C=O) groups excluding carboxylic acids is 1. The van der Waals surface area contributed by atoms with Gasteiger partial charge in [0.2, 0.25) is 5.91 Å². The van der Waals surface area contributed by atoms with Gasteiger partial charge >= 0.3 is 5.97 Å². The van der Waals surface area contributed by atoms with Crippen molar-refractivity contribution in [1.29, 1.82) is 0 Å². The molecule has 0 fully saturated rings. The molecule has 0 atom stereocenters. The standard InChI is InChI=1S/C18H21NO4S/c1-3-5-6-15(20)19-17-16(18(21)22)14(11-24-17)12-7-9-13(10-8-12)23-4-2/h7-11H,3-6H2,1-2H3,(H,19,20)(H,21,22). The number of nitrogens with one attached hydrogen (secondary N) is 1. The number of hydrogen-bond acceptors (Lipinski definition) is 4. The zero-order chi connectivity index (χ0) is 17.5. The molecule has 1 aromatic carbocycles. The molecule has 1 aromatic heterocycles. The van der Waals surface area contributed by atoms with Crippen molar-refractivity contribution in [2.24, 2.45) is 0 Å². The quantitative estimate of drug-likeness (QED) is 0.729. The van der Waals surface area contributed by atoms with E-state index in [0.717, 1.165) is 24.2 Å². The van der Waals surface area contributed by atoms with Gasteiger partial charge in [-0.25, -0.2) is 4.79 Å². The molecule has 2 aromatic rings. The number of carbonyl (C=O) groups is 2. The molecule has 5 nitrogen and oxygen atoms in total. The van der Waals surface area contributed by atoms with Gasteiger partial charge in [-0.2, -0.15) is 0 Å². The number of ether oxygens (including phenoxy) is 1. The van der Waals surface area contributed by atoms with E-state index in [1.807, 2.05) is 38.1 Å². The van der Waals surface area contributed by atoms with Gasteiger partial charge in [0, 0.05) is 17.4 Å². The molecule has 0 radical (unpaired) electrons. The SMILES string of the molecule is CCCCC(=O)Nc1scc(-c2ccc(OCC)cc2)c1C(=O)O. The third-order valence-corrected chi connectivity index (χ3v) is 4.39. The maximum Gasteiger partial charge on any atom is 0.339 e. The Bertz CT molecular complexity index is 706. The lowest BCUT2D eigenvalue weighted by molar-refractivity contribution is -0.116. The second kappa shape index (κ2) is 8.49. The minimum Gasteiger partial charge on any atom is -0.494 e. The van der Waals surface area contributed by atoms with Crippen LogP contribution in [0, 0.1) is 0 Å². The average Bonchev–Trinajstić information content (AvgIpc) is 2.97. The Morgan fingerprint density at radius 3 is 2.50 bits per heavy atom. The summed E-state index contributed by atoms with van der Waals surface area (Å²) in [7, 11) is 0. The van der Waals surface area contributed by atoms with Gasteiger partial charge in [-0.3, -0.25) is 4.79 Å². The zero-order valence-electron chi connectivity index (χ0n) is 13.8. The molecule has 6 heteroatoms. The molecule has 2 rings (SSSR count). The topological polar surface area (TPSA) is 75.6 Å². The summed E-state index contributed by atoms with van der Waals surface area (Å²) in [6.07, 6.45) is 2.10. The van der Waals surface area contributed by atoms with Crippen LogP contribution in [-0.2, 0) is 4.79 Å². The second-order valence-electron chi connectivity index (χ2n) is 5.27. The van der Waals surface area contributed by atoms with E-state index in [0.29, 0.717) is 23.6 Å². The van der Waals surface area contributed by atoms with E-state index < -0.39 is 5.97 Å². The van der Waals surface area contributed by atoms with Crippen LogP contribution < -0.4 is 10.1 Å². The highest BCUT2D eigenvalue weighted by Gasteiger charge is 2.21. The predicted molar refractivity (Wildman–Crippen MR) is 96.0 cm³/mol. The van der Waals surface area contributed by atoms with Gasteiger partial charge in [0.25, 0.3) is 0 Å². The van der Waals surface area contributed by atoms with Gasteiger partial charge in [-0.05, 0) is 31.0 Å². The number of benzene rings is 1. The molecule has 128 valence electrons. The van der Waals surface area contributed by atoms with Crippen LogP contribution >= 0.6 is 11.3 Å². The van der Waals surface area contributed by atoms with E-state index in [9.17, 15) is 14.7 Å². The van der Waals surface area contributed by atoms with Gasteiger partial charge in [0.15, 0.2) is 0 Å². The van der Waals surface area contributed by atoms with E-state index in [4.69, 9.17) is 4.74 Å². The molecule has 0 aliphatic carbocycles. The van der Waals surface area contributed by atoms with E-state index in [-0.39, 0.29) is 11.5 Å². The maximum atomic E-state index is 11.9. The normalized spacial score (nSPS) is 10.4. The fourth-order valence-corrected chi connectivity index (χ4v) is 3.28. The maximum absolute atomic E-state index is 11.9. The molecule has 24 heavy (non-hydrogen) atoms. The van der Waals surface area contributed by atoms with Crippen molar-refractivity contribution >= 4 is 28.2 Å². The number of amides is 1. The number of hydrogen-bond donors (Lipinski definition) is 2. The Labute approximate surface area is 145 Å². The van der Waals surface area contributed by atoms with Crippen LogP contribution in [0.4, 0.5) is 5.00 Å². The third kappa shape index (κ3) is 4.35. The summed E-state index contributed by atoms with van der Waals surface area (Å²) in [6, 6.07) is 7.26. The van der Waals surface area contributed by atoms with Crippen molar-refractivity contribution in [3.05, 3.63) is 35.2 Å². The highest BCUT2D eigenvalue weighted by Crippen LogP contribution is 2.36. The summed E-state index contributed by atoms with van der Waals surface area (Å²) in [4.78, 5) is 23.6. The van der Waals surface area contributed by atoms with Crippen LogP contribution in [0.5, 0.6) is 5.75 Å². The fraction of sp³-hybridized carbons (Fsp3) is 0.333. The fourth-order valence-electron chi connectivity index (χ4n) is 2.30. The first kappa shape index (κ1) is 18.0. The Morgan fingerprint density at radius 2 is 1.92 bits per heavy atom. The van der Waals surface area contributed by atoms with Crippen molar-refractivity contribution in [3.8, 4) is 16.9 Å². The lowest BCUT2D eigenvalue weighted by Gasteiger charge is -2.07. The molecular formula is C18H21NO4S. The van der Waals surface area contributed by atoms with Gasteiger partial charge in [-0.15, -0.1) is 11.3 Å². The van der Waals surface area contributed by atoms with Crippen molar-refractivity contribution in [1.82, 2.24) is 0 Å². The van der Waals surface area contributed by atoms with E-state index in [2.05, 4.69) is 5.32 Å². The van der Waals surface area contributed by atoms with Gasteiger partial charge in [0.1, 0.15) is 16.3 Å². The molecular weight excluding hydrogens is 326 g/mol. The number of rotatable bonds is 8. The summed E-state index contributed by atoms with van der Waals surface area (Å²) < 4.78 is 5.40. The summed E-state index contributed by atoms with van der Waals surface area (Å²) in [6.45, 7) is 4.49. The van der Waals surface area contributed by atoms with E-state index in [1.165, 1.54) is 11.3 Å². The summed E-state index contributed by atoms with van der Waals surface area (Å²) in [5.74, 6) is -0.466. The first-order valence-electron chi connectivity index (χ1n) is 7.94. The molecule has 1 heterocycles. The van der Waals surface area contributed by atoms with Crippen molar-refractivity contribution in [2.45, 2.75) is 33.1 Å². The smallest absolute Gasteiger partial charge is 0.339 e. The Hall–Kier alpha value is -2.34. The molecule has 2 N–H and O–H groups in total. The van der Waals surface area contributed by atoms with Crippen LogP contribution in [-0.4, -0.2) is 23.6 Å². The monoisotopic (exact) mass is 347 g/mol. The number of unbranched alkanes of at least 4 members (excludes halogenated alkanes) is 1. The van der Waals surface area contributed by atoms with Crippen LogP contribution in [0.2, 0.25) is 0 Å². The molecule has 1 amide bonds. The van der Waals surface area contributed by atoms with Crippen LogP contribution in [0.3, 0.4) is 0 Å². The minimum atomic E-state index is -1.05. The number of carboxylic acid groups (broad SMARTS) is 1. The van der Waals surface area contributed by atoms with Crippen molar-refractivity contribution in [3.63, 3.8) is 0 Å². The third-order valence-electron chi connectivity index (χ3n) is 3.49. The number of thiophene rings is 1. The Kier molecular flexibility index (Phi) is 6.37. The molecule has 0 saturated heterocycles. The van der Waals surface area contributed by atoms with Crippen molar-refractivity contribution < 1.29 is 19.4 Å². The largest absolute Gasteiger partial charge is 0.494 e. The summed E-state index contributed by atoms with van der Waals surface area (Å²) >= 11 is 1.23. The summed E-state index contributed by atoms with van der Waals surface area (Å²) in [5, 5.41) is 14.4. The molecule has 0 unspecified atom stereocenters. The average molecular weight is 347 g/mol. The van der Waals surface area contributed by atoms with Crippen LogP contribution in [0.1, 0.15) is 43.5 Å². The number of anilines is 1. The Morgan fingerprint density at radius 1 is 1.21 bits per heavy atom. The lowest BCUT2D eigenvalue weighted by atomic mass is 10.0. The highest BCUT2D eigenvalue weighted by atomic mass is 32.1. The van der Waals surface area contributed by atoms with Crippen LogP contribution in [0.15, 0.2) is 29.6 Å². The van der Waals surface area contributed by atoms with E-state index >= 15 is 0 Å². The second-order valence-corrected chi connectivity index (χ2v) is 6.15. The number of carboxylic acids is 1. The molecule has 0 saturated carbocycles. The molecule has 0 spiro atoms. The zero-order valence-corrected chi connectivity index (χ0v) is 14.6.